The first-order valence-corrected chi connectivity index (χ1v) is 6.39. The number of carbonyl (C=O) groups excluding carboxylic acids is 1. The molecular formula is C12H22N2O4. The Labute approximate surface area is 107 Å². The maximum Gasteiger partial charge on any atom is 0.323 e. The molecule has 2 atom stereocenters. The van der Waals surface area contributed by atoms with E-state index < -0.39 is 5.97 Å². The number of aliphatic carboxylic acids is 1. The van der Waals surface area contributed by atoms with Gasteiger partial charge in [0.1, 0.15) is 6.54 Å². The Balaban J connectivity index is 2.62. The van der Waals surface area contributed by atoms with Gasteiger partial charge in [-0.3, -0.25) is 4.79 Å². The van der Waals surface area contributed by atoms with Crippen molar-refractivity contribution in [2.45, 2.75) is 32.8 Å². The molecule has 2 N–H and O–H groups in total. The second kappa shape index (κ2) is 6.58. The van der Waals surface area contributed by atoms with Crippen LogP contribution in [0.1, 0.15) is 26.7 Å². The predicted molar refractivity (Wildman–Crippen MR) is 66.3 cm³/mol. The largest absolute Gasteiger partial charge is 0.480 e. The SMILES string of the molecule is CCCN(CC(=O)O)C(=O)N1CCC(O)C(C)C1. The van der Waals surface area contributed by atoms with E-state index in [1.807, 2.05) is 13.8 Å². The third kappa shape index (κ3) is 3.87. The molecule has 18 heavy (non-hydrogen) atoms. The molecule has 6 nitrogen and oxygen atoms in total. The second-order valence-corrected chi connectivity index (χ2v) is 4.88. The van der Waals surface area contributed by atoms with Crippen molar-refractivity contribution in [2.75, 3.05) is 26.2 Å². The molecule has 0 aromatic rings. The van der Waals surface area contributed by atoms with Gasteiger partial charge in [-0.25, -0.2) is 4.79 Å². The van der Waals surface area contributed by atoms with Crippen molar-refractivity contribution in [1.29, 1.82) is 0 Å². The minimum absolute atomic E-state index is 0.0380. The van der Waals surface area contributed by atoms with E-state index in [0.29, 0.717) is 26.1 Å². The Morgan fingerprint density at radius 2 is 2.11 bits per heavy atom. The lowest BCUT2D eigenvalue weighted by atomic mass is 9.97. The number of hydrogen-bond acceptors (Lipinski definition) is 3. The highest BCUT2D eigenvalue weighted by atomic mass is 16.4. The summed E-state index contributed by atoms with van der Waals surface area (Å²) in [6.07, 6.45) is 0.915. The molecule has 1 aliphatic rings. The number of rotatable bonds is 4. The molecule has 2 amide bonds. The number of carbonyl (C=O) groups is 2. The van der Waals surface area contributed by atoms with E-state index in [4.69, 9.17) is 5.11 Å². The normalized spacial score (nSPS) is 23.8. The van der Waals surface area contributed by atoms with Crippen LogP contribution in [-0.2, 0) is 4.79 Å². The fraction of sp³-hybridized carbons (Fsp3) is 0.833. The lowest BCUT2D eigenvalue weighted by Crippen LogP contribution is -2.51. The van der Waals surface area contributed by atoms with Crippen molar-refractivity contribution < 1.29 is 19.8 Å². The molecule has 0 aromatic carbocycles. The number of aliphatic hydroxyl groups excluding tert-OH is 1. The molecule has 0 spiro atoms. The molecule has 1 fully saturated rings. The van der Waals surface area contributed by atoms with Gasteiger partial charge in [0.05, 0.1) is 6.10 Å². The first kappa shape index (κ1) is 14.8. The summed E-state index contributed by atoms with van der Waals surface area (Å²) in [4.78, 5) is 25.9. The zero-order valence-corrected chi connectivity index (χ0v) is 11.0. The van der Waals surface area contributed by atoms with Gasteiger partial charge in [0.25, 0.3) is 0 Å². The van der Waals surface area contributed by atoms with Gasteiger partial charge < -0.3 is 20.0 Å². The Bertz CT molecular complexity index is 308. The van der Waals surface area contributed by atoms with Crippen LogP contribution < -0.4 is 0 Å². The van der Waals surface area contributed by atoms with Crippen LogP contribution in [0.4, 0.5) is 4.79 Å². The van der Waals surface area contributed by atoms with E-state index in [-0.39, 0.29) is 24.6 Å². The Morgan fingerprint density at radius 3 is 2.61 bits per heavy atom. The maximum atomic E-state index is 12.2. The van der Waals surface area contributed by atoms with Crippen LogP contribution in [0.5, 0.6) is 0 Å². The first-order valence-electron chi connectivity index (χ1n) is 6.39. The second-order valence-electron chi connectivity index (χ2n) is 4.88. The summed E-state index contributed by atoms with van der Waals surface area (Å²) in [7, 11) is 0. The highest BCUT2D eigenvalue weighted by Gasteiger charge is 2.30. The van der Waals surface area contributed by atoms with Gasteiger partial charge in [-0.1, -0.05) is 13.8 Å². The van der Waals surface area contributed by atoms with Crippen LogP contribution >= 0.6 is 0 Å². The third-order valence-electron chi connectivity index (χ3n) is 3.22. The Hall–Kier alpha value is -1.30. The van der Waals surface area contributed by atoms with E-state index in [2.05, 4.69) is 0 Å². The Morgan fingerprint density at radius 1 is 1.44 bits per heavy atom. The average molecular weight is 258 g/mol. The quantitative estimate of drug-likeness (QED) is 0.774. The number of carboxylic acid groups (broad SMARTS) is 1. The highest BCUT2D eigenvalue weighted by molar-refractivity contribution is 5.80. The molecule has 1 saturated heterocycles. The van der Waals surface area contributed by atoms with Crippen molar-refractivity contribution in [1.82, 2.24) is 9.80 Å². The van der Waals surface area contributed by atoms with E-state index in [1.165, 1.54) is 4.90 Å². The number of carboxylic acids is 1. The van der Waals surface area contributed by atoms with Gasteiger partial charge in [-0.05, 0) is 18.8 Å². The van der Waals surface area contributed by atoms with Crippen LogP contribution in [0, 0.1) is 5.92 Å². The van der Waals surface area contributed by atoms with Crippen molar-refractivity contribution >= 4 is 12.0 Å². The molecule has 0 saturated carbocycles. The predicted octanol–water partition coefficient (Wildman–Crippen LogP) is 0.606. The smallest absolute Gasteiger partial charge is 0.323 e. The molecule has 104 valence electrons. The van der Waals surface area contributed by atoms with Crippen LogP contribution in [0.25, 0.3) is 0 Å². The lowest BCUT2D eigenvalue weighted by molar-refractivity contribution is -0.137. The van der Waals surface area contributed by atoms with E-state index >= 15 is 0 Å². The molecule has 1 rings (SSSR count). The number of hydrogen-bond donors (Lipinski definition) is 2. The molecule has 0 radical (unpaired) electrons. The van der Waals surface area contributed by atoms with Gasteiger partial charge in [-0.2, -0.15) is 0 Å². The number of urea groups is 1. The van der Waals surface area contributed by atoms with E-state index in [9.17, 15) is 14.7 Å². The first-order chi connectivity index (χ1) is 8.45. The van der Waals surface area contributed by atoms with Gasteiger partial charge in [0.15, 0.2) is 0 Å². The van der Waals surface area contributed by atoms with Crippen molar-refractivity contribution in [3.05, 3.63) is 0 Å². The van der Waals surface area contributed by atoms with E-state index in [1.54, 1.807) is 4.90 Å². The monoisotopic (exact) mass is 258 g/mol. The van der Waals surface area contributed by atoms with Crippen LogP contribution in [0.3, 0.4) is 0 Å². The number of piperidine rings is 1. The average Bonchev–Trinajstić information content (AvgIpc) is 2.31. The van der Waals surface area contributed by atoms with Gasteiger partial charge >= 0.3 is 12.0 Å². The lowest BCUT2D eigenvalue weighted by Gasteiger charge is -2.37. The topological polar surface area (TPSA) is 81.1 Å². The molecule has 0 aromatic heterocycles. The zero-order valence-electron chi connectivity index (χ0n) is 11.0. The van der Waals surface area contributed by atoms with Gasteiger partial charge in [0.2, 0.25) is 0 Å². The van der Waals surface area contributed by atoms with Gasteiger partial charge in [-0.15, -0.1) is 0 Å². The third-order valence-corrected chi connectivity index (χ3v) is 3.22. The molecule has 6 heteroatoms. The fourth-order valence-electron chi connectivity index (χ4n) is 2.18. The number of likely N-dealkylation sites (tertiary alicyclic amines) is 1. The van der Waals surface area contributed by atoms with Crippen molar-refractivity contribution in [2.24, 2.45) is 5.92 Å². The van der Waals surface area contributed by atoms with Crippen molar-refractivity contribution in [3.63, 3.8) is 0 Å². The molecular weight excluding hydrogens is 236 g/mol. The molecule has 2 unspecified atom stereocenters. The van der Waals surface area contributed by atoms with Crippen molar-refractivity contribution in [3.8, 4) is 0 Å². The summed E-state index contributed by atoms with van der Waals surface area (Å²) in [5.41, 5.74) is 0. The number of amides is 2. The zero-order chi connectivity index (χ0) is 13.7. The standard InChI is InChI=1S/C12H22N2O4/c1-3-5-13(8-11(16)17)12(18)14-6-4-10(15)9(2)7-14/h9-10,15H,3-8H2,1-2H3,(H,16,17). The van der Waals surface area contributed by atoms with Crippen LogP contribution in [0.15, 0.2) is 0 Å². The summed E-state index contributed by atoms with van der Waals surface area (Å²) in [6.45, 7) is 4.96. The highest BCUT2D eigenvalue weighted by Crippen LogP contribution is 2.17. The molecule has 1 aliphatic heterocycles. The minimum atomic E-state index is -0.998. The molecule has 0 aliphatic carbocycles. The summed E-state index contributed by atoms with van der Waals surface area (Å²) in [5.74, 6) is -0.960. The fourth-order valence-corrected chi connectivity index (χ4v) is 2.18. The summed E-state index contributed by atoms with van der Waals surface area (Å²) < 4.78 is 0. The number of aliphatic hydroxyl groups is 1. The number of nitrogens with zero attached hydrogens (tertiary/aromatic N) is 2. The van der Waals surface area contributed by atoms with E-state index in [0.717, 1.165) is 6.42 Å². The minimum Gasteiger partial charge on any atom is -0.480 e. The van der Waals surface area contributed by atoms with Crippen LogP contribution in [-0.4, -0.2) is 64.3 Å². The Kier molecular flexibility index (Phi) is 5.40. The van der Waals surface area contributed by atoms with Crippen LogP contribution in [0.2, 0.25) is 0 Å². The summed E-state index contributed by atoms with van der Waals surface area (Å²) in [5, 5.41) is 18.4. The summed E-state index contributed by atoms with van der Waals surface area (Å²) >= 11 is 0. The maximum absolute atomic E-state index is 12.2. The molecule has 0 bridgehead atoms. The molecule has 1 heterocycles. The van der Waals surface area contributed by atoms with Gasteiger partial charge in [0, 0.05) is 19.6 Å². The summed E-state index contributed by atoms with van der Waals surface area (Å²) in [6, 6.07) is -0.238.